The monoisotopic (exact) mass is 239 g/mol. The van der Waals surface area contributed by atoms with Gasteiger partial charge in [0.25, 0.3) is 0 Å². The summed E-state index contributed by atoms with van der Waals surface area (Å²) >= 11 is 0. The predicted octanol–water partition coefficient (Wildman–Crippen LogP) is 1.07. The van der Waals surface area contributed by atoms with Gasteiger partial charge in [-0.2, -0.15) is 0 Å². The van der Waals surface area contributed by atoms with Crippen molar-refractivity contribution in [2.45, 2.75) is 39.2 Å². The molecule has 1 unspecified atom stereocenters. The summed E-state index contributed by atoms with van der Waals surface area (Å²) in [5.74, 6) is 7.09. The zero-order valence-electron chi connectivity index (χ0n) is 10.6. The average molecular weight is 239 g/mol. The minimum atomic E-state index is -0.320. The highest BCUT2D eigenvalue weighted by Crippen LogP contribution is 2.27. The second-order valence-corrected chi connectivity index (χ2v) is 4.35. The van der Waals surface area contributed by atoms with Gasteiger partial charge in [-0.25, -0.2) is 15.8 Å². The van der Waals surface area contributed by atoms with Crippen LogP contribution in [0.4, 0.5) is 11.6 Å². The lowest BCUT2D eigenvalue weighted by atomic mass is 10.0. The zero-order valence-corrected chi connectivity index (χ0v) is 10.6. The number of nitrogens with two attached hydrogens (primary N) is 1. The van der Waals surface area contributed by atoms with Crippen LogP contribution in [-0.2, 0) is 0 Å². The lowest BCUT2D eigenvalue weighted by Crippen LogP contribution is -2.16. The molecule has 1 aromatic heterocycles. The second-order valence-electron chi connectivity index (χ2n) is 4.35. The molecule has 0 saturated heterocycles. The Balaban J connectivity index is 2.83. The first-order chi connectivity index (χ1) is 8.06. The number of hydrogen-bond acceptors (Lipinski definition) is 6. The molecular formula is C11H21N5O. The van der Waals surface area contributed by atoms with Crippen molar-refractivity contribution in [2.24, 2.45) is 5.84 Å². The van der Waals surface area contributed by atoms with Gasteiger partial charge in [0, 0.05) is 12.1 Å². The maximum absolute atomic E-state index is 9.20. The fraction of sp³-hybridized carbons (Fsp3) is 0.636. The van der Waals surface area contributed by atoms with Gasteiger partial charge >= 0.3 is 0 Å². The number of nitrogen functional groups attached to an aromatic ring is 1. The number of nitrogens with zero attached hydrogens (tertiary/aromatic N) is 2. The highest BCUT2D eigenvalue weighted by atomic mass is 16.3. The van der Waals surface area contributed by atoms with Crippen LogP contribution in [0, 0.1) is 0 Å². The summed E-state index contributed by atoms with van der Waals surface area (Å²) in [6.07, 6.45) is 1.82. The van der Waals surface area contributed by atoms with Gasteiger partial charge in [-0.05, 0) is 19.3 Å². The van der Waals surface area contributed by atoms with Crippen molar-refractivity contribution in [3.05, 3.63) is 11.9 Å². The highest BCUT2D eigenvalue weighted by Gasteiger charge is 2.13. The molecule has 0 radical (unpaired) electrons. The van der Waals surface area contributed by atoms with E-state index in [-0.39, 0.29) is 12.0 Å². The predicted molar refractivity (Wildman–Crippen MR) is 68.7 cm³/mol. The summed E-state index contributed by atoms with van der Waals surface area (Å²) < 4.78 is 0. The van der Waals surface area contributed by atoms with Crippen LogP contribution in [0.15, 0.2) is 6.33 Å². The number of aliphatic hydroxyl groups is 1. The fourth-order valence-corrected chi connectivity index (χ4v) is 1.60. The van der Waals surface area contributed by atoms with Gasteiger partial charge in [-0.15, -0.1) is 0 Å². The zero-order chi connectivity index (χ0) is 12.8. The largest absolute Gasteiger partial charge is 0.393 e. The van der Waals surface area contributed by atoms with Gasteiger partial charge in [0.2, 0.25) is 0 Å². The van der Waals surface area contributed by atoms with Gasteiger partial charge in [0.1, 0.15) is 18.0 Å². The summed E-state index contributed by atoms with van der Waals surface area (Å²) in [6.45, 7) is 6.54. The summed E-state index contributed by atoms with van der Waals surface area (Å²) in [5.41, 5.74) is 3.53. The molecule has 6 nitrogen and oxygen atoms in total. The first-order valence-corrected chi connectivity index (χ1v) is 5.79. The SMILES string of the molecule is CC(O)CCNc1ncnc(NN)c1C(C)C. The number of aliphatic hydroxyl groups excluding tert-OH is 1. The summed E-state index contributed by atoms with van der Waals surface area (Å²) in [4.78, 5) is 8.29. The highest BCUT2D eigenvalue weighted by molar-refractivity contribution is 5.58. The smallest absolute Gasteiger partial charge is 0.148 e. The van der Waals surface area contributed by atoms with Crippen molar-refractivity contribution in [1.82, 2.24) is 9.97 Å². The number of nitrogens with one attached hydrogen (secondary N) is 2. The third kappa shape index (κ3) is 3.83. The van der Waals surface area contributed by atoms with Crippen molar-refractivity contribution < 1.29 is 5.11 Å². The van der Waals surface area contributed by atoms with Gasteiger partial charge in [0.15, 0.2) is 0 Å². The van der Waals surface area contributed by atoms with E-state index in [2.05, 4.69) is 34.6 Å². The van der Waals surface area contributed by atoms with Crippen LogP contribution < -0.4 is 16.6 Å². The lowest BCUT2D eigenvalue weighted by Gasteiger charge is -2.16. The van der Waals surface area contributed by atoms with E-state index < -0.39 is 0 Å². The molecule has 17 heavy (non-hydrogen) atoms. The van der Waals surface area contributed by atoms with E-state index in [0.29, 0.717) is 18.8 Å². The van der Waals surface area contributed by atoms with Crippen LogP contribution in [0.2, 0.25) is 0 Å². The number of anilines is 2. The third-order valence-electron chi connectivity index (χ3n) is 2.45. The molecular weight excluding hydrogens is 218 g/mol. The van der Waals surface area contributed by atoms with Gasteiger partial charge in [0.05, 0.1) is 6.10 Å². The Kier molecular flexibility index (Phi) is 5.11. The van der Waals surface area contributed by atoms with Crippen molar-refractivity contribution in [3.63, 3.8) is 0 Å². The van der Waals surface area contributed by atoms with Gasteiger partial charge in [-0.3, -0.25) is 0 Å². The first-order valence-electron chi connectivity index (χ1n) is 5.79. The van der Waals surface area contributed by atoms with Crippen LogP contribution in [0.3, 0.4) is 0 Å². The molecule has 5 N–H and O–H groups in total. The van der Waals surface area contributed by atoms with Crippen LogP contribution in [-0.4, -0.2) is 27.7 Å². The molecule has 0 fully saturated rings. The van der Waals surface area contributed by atoms with Crippen molar-refractivity contribution in [3.8, 4) is 0 Å². The van der Waals surface area contributed by atoms with E-state index in [1.54, 1.807) is 6.92 Å². The Morgan fingerprint density at radius 2 is 1.94 bits per heavy atom. The molecule has 0 aliphatic carbocycles. The molecule has 0 aliphatic heterocycles. The van der Waals surface area contributed by atoms with Gasteiger partial charge < -0.3 is 15.8 Å². The molecule has 96 valence electrons. The van der Waals surface area contributed by atoms with Crippen LogP contribution in [0.25, 0.3) is 0 Å². The van der Waals surface area contributed by atoms with E-state index in [4.69, 9.17) is 5.84 Å². The van der Waals surface area contributed by atoms with E-state index in [9.17, 15) is 5.11 Å². The summed E-state index contributed by atoms with van der Waals surface area (Å²) in [7, 11) is 0. The molecule has 0 spiro atoms. The van der Waals surface area contributed by atoms with Crippen molar-refractivity contribution in [1.29, 1.82) is 0 Å². The Hall–Kier alpha value is -1.40. The summed E-state index contributed by atoms with van der Waals surface area (Å²) in [6, 6.07) is 0. The number of hydrazine groups is 1. The Morgan fingerprint density at radius 1 is 1.29 bits per heavy atom. The normalized spacial score (nSPS) is 12.6. The van der Waals surface area contributed by atoms with E-state index in [0.717, 1.165) is 11.4 Å². The standard InChI is InChI=1S/C11H21N5O/c1-7(2)9-10(13-5-4-8(3)17)14-6-15-11(9)16-12/h6-8,17H,4-5,12H2,1-3H3,(H2,13,14,15,16). The second kappa shape index (κ2) is 6.36. The molecule has 1 aromatic rings. The average Bonchev–Trinajstić information content (AvgIpc) is 2.27. The first kappa shape index (κ1) is 13.7. The maximum Gasteiger partial charge on any atom is 0.148 e. The lowest BCUT2D eigenvalue weighted by molar-refractivity contribution is 0.188. The topological polar surface area (TPSA) is 96.1 Å². The minimum Gasteiger partial charge on any atom is -0.393 e. The molecule has 6 heteroatoms. The van der Waals surface area contributed by atoms with Crippen LogP contribution in [0.5, 0.6) is 0 Å². The van der Waals surface area contributed by atoms with Gasteiger partial charge in [-0.1, -0.05) is 13.8 Å². The number of aromatic nitrogens is 2. The van der Waals surface area contributed by atoms with Crippen LogP contribution in [0.1, 0.15) is 38.7 Å². The molecule has 1 heterocycles. The quantitative estimate of drug-likeness (QED) is 0.438. The van der Waals surface area contributed by atoms with Crippen molar-refractivity contribution in [2.75, 3.05) is 17.3 Å². The molecule has 0 saturated carbocycles. The Bertz CT molecular complexity index is 354. The fourth-order valence-electron chi connectivity index (χ4n) is 1.60. The molecule has 0 aromatic carbocycles. The van der Waals surface area contributed by atoms with E-state index >= 15 is 0 Å². The van der Waals surface area contributed by atoms with E-state index in [1.165, 1.54) is 6.33 Å². The molecule has 1 rings (SSSR count). The number of rotatable bonds is 6. The third-order valence-corrected chi connectivity index (χ3v) is 2.45. The molecule has 0 aliphatic rings. The maximum atomic E-state index is 9.20. The Labute approximate surface area is 102 Å². The molecule has 0 bridgehead atoms. The van der Waals surface area contributed by atoms with Crippen LogP contribution >= 0.6 is 0 Å². The van der Waals surface area contributed by atoms with E-state index in [1.807, 2.05) is 0 Å². The minimum absolute atomic E-state index is 0.260. The molecule has 0 amide bonds. The number of hydrogen-bond donors (Lipinski definition) is 4. The Morgan fingerprint density at radius 3 is 2.47 bits per heavy atom. The summed E-state index contributed by atoms with van der Waals surface area (Å²) in [5, 5.41) is 12.4. The van der Waals surface area contributed by atoms with Crippen molar-refractivity contribution >= 4 is 11.6 Å². The molecule has 1 atom stereocenters.